The van der Waals surface area contributed by atoms with Gasteiger partial charge in [0, 0.05) is 43.1 Å². The molecule has 38 heavy (non-hydrogen) atoms. The molecule has 0 aliphatic carbocycles. The van der Waals surface area contributed by atoms with E-state index in [-0.39, 0.29) is 18.2 Å². The number of benzene rings is 3. The minimum atomic E-state index is -0.894. The van der Waals surface area contributed by atoms with Crippen LogP contribution in [0.2, 0.25) is 0 Å². The van der Waals surface area contributed by atoms with E-state index in [4.69, 9.17) is 10.1 Å². The number of aliphatic imine (C=N–C) groups is 1. The first-order valence-electron chi connectivity index (χ1n) is 12.2. The molecule has 1 aromatic heterocycles. The molecule has 0 radical (unpaired) electrons. The van der Waals surface area contributed by atoms with Crippen molar-refractivity contribution in [2.24, 2.45) is 4.99 Å². The fraction of sp³-hybridized carbons (Fsp3) is 0.207. The number of H-pyrrole nitrogens is 1. The maximum absolute atomic E-state index is 13.9. The monoisotopic (exact) mass is 516 g/mol. The third-order valence-corrected chi connectivity index (χ3v) is 6.17. The molecule has 0 saturated heterocycles. The van der Waals surface area contributed by atoms with E-state index >= 15 is 0 Å². The molecule has 0 aliphatic heterocycles. The first kappa shape index (κ1) is 26.6. The van der Waals surface area contributed by atoms with Gasteiger partial charge in [0.2, 0.25) is 5.91 Å². The number of aromatic amines is 1. The van der Waals surface area contributed by atoms with Gasteiger partial charge in [-0.1, -0.05) is 18.2 Å². The zero-order valence-corrected chi connectivity index (χ0v) is 21.2. The molecule has 0 atom stereocenters. The van der Waals surface area contributed by atoms with E-state index in [1.54, 1.807) is 35.2 Å². The quantitative estimate of drug-likeness (QED) is 0.227. The second-order valence-electron chi connectivity index (χ2n) is 8.88. The predicted molar refractivity (Wildman–Crippen MR) is 146 cm³/mol. The molecular formula is C29H29FN4O4. The van der Waals surface area contributed by atoms with Crippen molar-refractivity contribution >= 4 is 39.9 Å². The summed E-state index contributed by atoms with van der Waals surface area (Å²) in [6.45, 7) is 2.67. The minimum Gasteiger partial charge on any atom is -0.494 e. The van der Waals surface area contributed by atoms with E-state index in [1.807, 2.05) is 31.3 Å². The maximum atomic E-state index is 13.9. The second-order valence-corrected chi connectivity index (χ2v) is 8.88. The molecule has 1 amide bonds. The van der Waals surface area contributed by atoms with Gasteiger partial charge in [0.15, 0.2) is 5.88 Å². The molecule has 0 fully saturated rings. The summed E-state index contributed by atoms with van der Waals surface area (Å²) in [5.41, 5.74) is 4.03. The lowest BCUT2D eigenvalue weighted by molar-refractivity contribution is -0.137. The van der Waals surface area contributed by atoms with Crippen LogP contribution in [0.1, 0.15) is 30.0 Å². The number of nitrogens with zero attached hydrogens (tertiary/aromatic N) is 2. The fourth-order valence-corrected chi connectivity index (χ4v) is 4.31. The van der Waals surface area contributed by atoms with Crippen molar-refractivity contribution in [3.63, 3.8) is 0 Å². The number of likely N-dealkylation sites (N-methyl/N-ethyl adjacent to an activating group) is 1. The number of nitrogens with one attached hydrogen (secondary N) is 2. The Balaban J connectivity index is 1.81. The molecule has 9 heteroatoms. The zero-order valence-electron chi connectivity index (χ0n) is 21.2. The van der Waals surface area contributed by atoms with Gasteiger partial charge in [-0.15, -0.1) is 0 Å². The van der Waals surface area contributed by atoms with E-state index in [9.17, 15) is 19.1 Å². The number of hydrogen-bond donors (Lipinski definition) is 4. The third kappa shape index (κ3) is 6.07. The highest BCUT2D eigenvalue weighted by Gasteiger charge is 2.20. The number of carboxylic acid groups (broad SMARTS) is 1. The van der Waals surface area contributed by atoms with Crippen LogP contribution in [0.25, 0.3) is 10.9 Å². The van der Waals surface area contributed by atoms with Crippen LogP contribution in [0.4, 0.5) is 15.8 Å². The molecule has 196 valence electrons. The average Bonchev–Trinajstić information content (AvgIpc) is 3.21. The van der Waals surface area contributed by atoms with Gasteiger partial charge in [-0.3, -0.25) is 9.59 Å². The Kier molecular flexibility index (Phi) is 8.18. The number of aromatic hydroxyl groups is 1. The van der Waals surface area contributed by atoms with E-state index in [0.29, 0.717) is 52.9 Å². The smallest absolute Gasteiger partial charge is 0.303 e. The van der Waals surface area contributed by atoms with Gasteiger partial charge in [-0.2, -0.15) is 0 Å². The number of fused-ring (bicyclic) bond motifs is 1. The van der Waals surface area contributed by atoms with Crippen molar-refractivity contribution in [1.29, 1.82) is 0 Å². The lowest BCUT2D eigenvalue weighted by Gasteiger charge is -2.21. The molecule has 0 aliphatic rings. The molecule has 4 aromatic rings. The van der Waals surface area contributed by atoms with Crippen LogP contribution in [0, 0.1) is 5.82 Å². The standard InChI is InChI=1S/C29H29FN4O4/c1-18(35)34(15-14-31-2)23-10-8-22(9-11-23)32-28(20-5-3-4-19(16-20)6-13-26(36)37)27-24-12-7-21(30)17-25(24)33-29(27)38/h3-5,7-12,16-17,31,33,38H,6,13-15H2,1-2H3,(H,36,37). The predicted octanol–water partition coefficient (Wildman–Crippen LogP) is 4.77. The lowest BCUT2D eigenvalue weighted by atomic mass is 9.97. The Labute approximate surface area is 219 Å². The number of anilines is 1. The Morgan fingerprint density at radius 1 is 1.08 bits per heavy atom. The highest BCUT2D eigenvalue weighted by Crippen LogP contribution is 2.32. The van der Waals surface area contributed by atoms with Gasteiger partial charge < -0.3 is 25.4 Å². The Bertz CT molecular complexity index is 1490. The molecule has 0 bridgehead atoms. The van der Waals surface area contributed by atoms with Crippen LogP contribution in [0.15, 0.2) is 71.7 Å². The number of aryl methyl sites for hydroxylation is 1. The third-order valence-electron chi connectivity index (χ3n) is 6.17. The molecule has 0 saturated carbocycles. The Morgan fingerprint density at radius 3 is 2.53 bits per heavy atom. The van der Waals surface area contributed by atoms with Crippen LogP contribution < -0.4 is 10.2 Å². The van der Waals surface area contributed by atoms with Crippen LogP contribution >= 0.6 is 0 Å². The van der Waals surface area contributed by atoms with Gasteiger partial charge in [0.1, 0.15) is 5.82 Å². The zero-order chi connectivity index (χ0) is 27.2. The Morgan fingerprint density at radius 2 is 1.84 bits per heavy atom. The van der Waals surface area contributed by atoms with Crippen molar-refractivity contribution in [3.8, 4) is 5.88 Å². The number of aliphatic carboxylic acids is 1. The number of rotatable bonds is 10. The van der Waals surface area contributed by atoms with Crippen molar-refractivity contribution < 1.29 is 24.2 Å². The van der Waals surface area contributed by atoms with Gasteiger partial charge in [0.25, 0.3) is 0 Å². The molecule has 8 nitrogen and oxygen atoms in total. The summed E-state index contributed by atoms with van der Waals surface area (Å²) in [7, 11) is 1.82. The van der Waals surface area contributed by atoms with Crippen LogP contribution in [-0.2, 0) is 16.0 Å². The Hall–Kier alpha value is -4.50. The highest BCUT2D eigenvalue weighted by atomic mass is 19.1. The van der Waals surface area contributed by atoms with E-state index in [0.717, 1.165) is 11.3 Å². The van der Waals surface area contributed by atoms with Crippen LogP contribution in [-0.4, -0.2) is 52.9 Å². The molecular weight excluding hydrogens is 487 g/mol. The number of hydrogen-bond acceptors (Lipinski definition) is 5. The highest BCUT2D eigenvalue weighted by molar-refractivity contribution is 6.22. The number of halogens is 1. The van der Waals surface area contributed by atoms with E-state index in [2.05, 4.69) is 10.3 Å². The van der Waals surface area contributed by atoms with Gasteiger partial charge in [0.05, 0.1) is 22.5 Å². The van der Waals surface area contributed by atoms with Crippen LogP contribution in [0.3, 0.4) is 0 Å². The first-order valence-corrected chi connectivity index (χ1v) is 12.2. The topological polar surface area (TPSA) is 118 Å². The summed E-state index contributed by atoms with van der Waals surface area (Å²) in [5.74, 6) is -1.57. The van der Waals surface area contributed by atoms with Crippen molar-refractivity contribution in [1.82, 2.24) is 10.3 Å². The van der Waals surface area contributed by atoms with Crippen molar-refractivity contribution in [3.05, 3.63) is 89.2 Å². The molecule has 4 N–H and O–H groups in total. The first-order chi connectivity index (χ1) is 18.3. The largest absolute Gasteiger partial charge is 0.494 e. The number of carbonyl (C=O) groups excluding carboxylic acids is 1. The molecule has 1 heterocycles. The molecule has 4 rings (SSSR count). The minimum absolute atomic E-state index is 0.0186. The van der Waals surface area contributed by atoms with Crippen LogP contribution in [0.5, 0.6) is 5.88 Å². The van der Waals surface area contributed by atoms with Crippen molar-refractivity contribution in [2.75, 3.05) is 25.0 Å². The van der Waals surface area contributed by atoms with E-state index in [1.165, 1.54) is 19.1 Å². The second kappa shape index (κ2) is 11.7. The summed E-state index contributed by atoms with van der Waals surface area (Å²) >= 11 is 0. The van der Waals surface area contributed by atoms with Gasteiger partial charge in [-0.05, 0) is 67.6 Å². The summed E-state index contributed by atoms with van der Waals surface area (Å²) in [6, 6.07) is 18.7. The number of carbonyl (C=O) groups is 2. The van der Waals surface area contributed by atoms with E-state index < -0.39 is 11.8 Å². The molecule has 0 unspecified atom stereocenters. The fourth-order valence-electron chi connectivity index (χ4n) is 4.31. The maximum Gasteiger partial charge on any atom is 0.303 e. The number of carboxylic acids is 1. The van der Waals surface area contributed by atoms with Gasteiger partial charge >= 0.3 is 5.97 Å². The summed E-state index contributed by atoms with van der Waals surface area (Å²) in [4.78, 5) is 32.6. The lowest BCUT2D eigenvalue weighted by Crippen LogP contribution is -2.34. The van der Waals surface area contributed by atoms with Crippen molar-refractivity contribution in [2.45, 2.75) is 19.8 Å². The normalized spacial score (nSPS) is 11.6. The molecule has 3 aromatic carbocycles. The van der Waals surface area contributed by atoms with Gasteiger partial charge in [-0.25, -0.2) is 9.38 Å². The number of amides is 1. The summed E-state index contributed by atoms with van der Waals surface area (Å²) in [5, 5.41) is 23.6. The molecule has 0 spiro atoms. The summed E-state index contributed by atoms with van der Waals surface area (Å²) < 4.78 is 13.9. The average molecular weight is 517 g/mol. The summed E-state index contributed by atoms with van der Waals surface area (Å²) in [6.07, 6.45) is 0.318. The number of aromatic nitrogens is 1. The SMILES string of the molecule is CNCCN(C(C)=O)c1ccc(N=C(c2cccc(CCC(=O)O)c2)c2c(O)[nH]c3cc(F)ccc23)cc1.